The number of carbonyl (C=O) groups excluding carboxylic acids is 1. The molecule has 0 heterocycles. The number of benzene rings is 2. The monoisotopic (exact) mass is 398 g/mol. The molecule has 2 aromatic carbocycles. The standard InChI is InChI=1S/C17H19ClN2O3S2/c1-11(13-4-3-5-16(10-13)25(19,22)23)20-17(21)12(2)24-15-8-6-14(18)7-9-15/h3-12H,1-2H3,(H,20,21)(H2,19,22,23). The predicted octanol–water partition coefficient (Wildman–Crippen LogP) is 3.35. The number of amides is 1. The molecule has 2 rings (SSSR count). The molecule has 0 aromatic heterocycles. The summed E-state index contributed by atoms with van der Waals surface area (Å²) in [5, 5.41) is 8.36. The van der Waals surface area contributed by atoms with Crippen molar-refractivity contribution >= 4 is 39.3 Å². The number of nitrogens with one attached hydrogen (secondary N) is 1. The number of sulfonamides is 1. The van der Waals surface area contributed by atoms with Crippen LogP contribution in [0.5, 0.6) is 0 Å². The third-order valence-electron chi connectivity index (χ3n) is 3.54. The molecule has 3 N–H and O–H groups in total. The van der Waals surface area contributed by atoms with Gasteiger partial charge < -0.3 is 5.32 Å². The summed E-state index contributed by atoms with van der Waals surface area (Å²) >= 11 is 7.27. The predicted molar refractivity (Wildman–Crippen MR) is 101 cm³/mol. The van der Waals surface area contributed by atoms with Crippen LogP contribution in [0.3, 0.4) is 0 Å². The summed E-state index contributed by atoms with van der Waals surface area (Å²) in [5.74, 6) is -0.145. The van der Waals surface area contributed by atoms with Gasteiger partial charge in [-0.2, -0.15) is 0 Å². The Hall–Kier alpha value is -1.54. The van der Waals surface area contributed by atoms with E-state index in [-0.39, 0.29) is 22.1 Å². The van der Waals surface area contributed by atoms with E-state index in [9.17, 15) is 13.2 Å². The molecule has 5 nitrogen and oxygen atoms in total. The minimum atomic E-state index is -3.78. The van der Waals surface area contributed by atoms with Gasteiger partial charge in [0.05, 0.1) is 16.2 Å². The van der Waals surface area contributed by atoms with Gasteiger partial charge in [0.1, 0.15) is 0 Å². The van der Waals surface area contributed by atoms with Crippen molar-refractivity contribution in [3.8, 4) is 0 Å². The zero-order chi connectivity index (χ0) is 18.6. The van der Waals surface area contributed by atoms with E-state index in [2.05, 4.69) is 5.32 Å². The summed E-state index contributed by atoms with van der Waals surface area (Å²) < 4.78 is 22.9. The SMILES string of the molecule is CC(Sc1ccc(Cl)cc1)C(=O)NC(C)c1cccc(S(N)(=O)=O)c1. The van der Waals surface area contributed by atoms with Crippen molar-refractivity contribution in [2.75, 3.05) is 0 Å². The first-order chi connectivity index (χ1) is 11.7. The lowest BCUT2D eigenvalue weighted by atomic mass is 10.1. The Balaban J connectivity index is 2.03. The highest BCUT2D eigenvalue weighted by atomic mass is 35.5. The second-order valence-electron chi connectivity index (χ2n) is 5.56. The van der Waals surface area contributed by atoms with E-state index in [1.165, 1.54) is 23.9 Å². The summed E-state index contributed by atoms with van der Waals surface area (Å²) in [6.45, 7) is 3.60. The molecule has 134 valence electrons. The first-order valence-corrected chi connectivity index (χ1v) is 10.3. The van der Waals surface area contributed by atoms with E-state index in [1.807, 2.05) is 19.1 Å². The molecule has 8 heteroatoms. The topological polar surface area (TPSA) is 89.3 Å². The number of rotatable bonds is 6. The number of nitrogens with two attached hydrogens (primary N) is 1. The Morgan fingerprint density at radius 1 is 1.16 bits per heavy atom. The highest BCUT2D eigenvalue weighted by Crippen LogP contribution is 2.25. The fraction of sp³-hybridized carbons (Fsp3) is 0.235. The molecule has 0 aliphatic heterocycles. The van der Waals surface area contributed by atoms with Crippen molar-refractivity contribution in [2.45, 2.75) is 34.9 Å². The van der Waals surface area contributed by atoms with Gasteiger partial charge in [-0.25, -0.2) is 13.6 Å². The Bertz CT molecular complexity index is 854. The Morgan fingerprint density at radius 3 is 2.40 bits per heavy atom. The van der Waals surface area contributed by atoms with E-state index < -0.39 is 10.0 Å². The number of thioether (sulfide) groups is 1. The van der Waals surface area contributed by atoms with Crippen LogP contribution in [0.25, 0.3) is 0 Å². The van der Waals surface area contributed by atoms with Gasteiger partial charge in [-0.1, -0.05) is 23.7 Å². The van der Waals surface area contributed by atoms with Crippen LogP contribution in [-0.4, -0.2) is 19.6 Å². The summed E-state index contributed by atoms with van der Waals surface area (Å²) in [4.78, 5) is 13.3. The molecule has 25 heavy (non-hydrogen) atoms. The van der Waals surface area contributed by atoms with Crippen molar-refractivity contribution in [1.29, 1.82) is 0 Å². The van der Waals surface area contributed by atoms with Crippen LogP contribution in [-0.2, 0) is 14.8 Å². The van der Waals surface area contributed by atoms with Gasteiger partial charge in [0.15, 0.2) is 0 Å². The lowest BCUT2D eigenvalue weighted by Crippen LogP contribution is -2.33. The van der Waals surface area contributed by atoms with E-state index >= 15 is 0 Å². The van der Waals surface area contributed by atoms with Gasteiger partial charge in [0.25, 0.3) is 0 Å². The summed E-state index contributed by atoms with van der Waals surface area (Å²) in [6.07, 6.45) is 0. The van der Waals surface area contributed by atoms with Crippen molar-refractivity contribution in [3.05, 3.63) is 59.1 Å². The summed E-state index contributed by atoms with van der Waals surface area (Å²) in [6, 6.07) is 13.2. The van der Waals surface area contributed by atoms with Crippen molar-refractivity contribution in [1.82, 2.24) is 5.32 Å². The van der Waals surface area contributed by atoms with Gasteiger partial charge in [-0.15, -0.1) is 11.8 Å². The molecule has 0 saturated carbocycles. The highest BCUT2D eigenvalue weighted by Gasteiger charge is 2.18. The Kier molecular flexibility index (Phi) is 6.51. The van der Waals surface area contributed by atoms with E-state index in [0.29, 0.717) is 10.6 Å². The van der Waals surface area contributed by atoms with Gasteiger partial charge in [0.2, 0.25) is 15.9 Å². The lowest BCUT2D eigenvalue weighted by Gasteiger charge is -2.18. The summed E-state index contributed by atoms with van der Waals surface area (Å²) in [5.41, 5.74) is 0.670. The van der Waals surface area contributed by atoms with Crippen LogP contribution in [0.4, 0.5) is 0 Å². The maximum atomic E-state index is 12.4. The zero-order valence-corrected chi connectivity index (χ0v) is 16.2. The van der Waals surface area contributed by atoms with Gasteiger partial charge in [0, 0.05) is 9.92 Å². The number of halogens is 1. The van der Waals surface area contributed by atoms with Crippen LogP contribution >= 0.6 is 23.4 Å². The van der Waals surface area contributed by atoms with E-state index in [1.54, 1.807) is 31.2 Å². The molecule has 2 atom stereocenters. The fourth-order valence-electron chi connectivity index (χ4n) is 2.15. The number of hydrogen-bond acceptors (Lipinski definition) is 4. The number of hydrogen-bond donors (Lipinski definition) is 2. The molecule has 1 amide bonds. The van der Waals surface area contributed by atoms with Gasteiger partial charge >= 0.3 is 0 Å². The molecular weight excluding hydrogens is 380 g/mol. The molecule has 0 saturated heterocycles. The average Bonchev–Trinajstić information content (AvgIpc) is 2.56. The minimum Gasteiger partial charge on any atom is -0.349 e. The number of carbonyl (C=O) groups is 1. The molecule has 0 aliphatic rings. The van der Waals surface area contributed by atoms with Crippen molar-refractivity contribution in [3.63, 3.8) is 0 Å². The van der Waals surface area contributed by atoms with Crippen molar-refractivity contribution in [2.24, 2.45) is 5.14 Å². The molecule has 0 aliphatic carbocycles. The first-order valence-electron chi connectivity index (χ1n) is 7.52. The molecule has 0 bridgehead atoms. The highest BCUT2D eigenvalue weighted by molar-refractivity contribution is 8.00. The van der Waals surface area contributed by atoms with Gasteiger partial charge in [-0.3, -0.25) is 4.79 Å². The summed E-state index contributed by atoms with van der Waals surface area (Å²) in [7, 11) is -3.78. The fourth-order valence-corrected chi connectivity index (χ4v) is 3.72. The first kappa shape index (κ1) is 19.8. The third-order valence-corrected chi connectivity index (χ3v) is 5.82. The van der Waals surface area contributed by atoms with E-state index in [4.69, 9.17) is 16.7 Å². The van der Waals surface area contributed by atoms with Crippen LogP contribution < -0.4 is 10.5 Å². The van der Waals surface area contributed by atoms with Crippen LogP contribution in [0.15, 0.2) is 58.3 Å². The quantitative estimate of drug-likeness (QED) is 0.730. The number of primary sulfonamides is 1. The molecule has 0 spiro atoms. The second kappa shape index (κ2) is 8.23. The van der Waals surface area contributed by atoms with Crippen LogP contribution in [0, 0.1) is 0 Å². The van der Waals surface area contributed by atoms with Gasteiger partial charge in [-0.05, 0) is 55.8 Å². The largest absolute Gasteiger partial charge is 0.349 e. The Labute approximate surface area is 157 Å². The van der Waals surface area contributed by atoms with Crippen molar-refractivity contribution < 1.29 is 13.2 Å². The Morgan fingerprint density at radius 2 is 1.80 bits per heavy atom. The average molecular weight is 399 g/mol. The normalized spacial score (nSPS) is 13.9. The smallest absolute Gasteiger partial charge is 0.238 e. The molecule has 0 radical (unpaired) electrons. The molecule has 2 unspecified atom stereocenters. The van der Waals surface area contributed by atoms with Crippen LogP contribution in [0.2, 0.25) is 5.02 Å². The molecular formula is C17H19ClN2O3S2. The van der Waals surface area contributed by atoms with Crippen LogP contribution in [0.1, 0.15) is 25.5 Å². The van der Waals surface area contributed by atoms with E-state index in [0.717, 1.165) is 4.90 Å². The maximum Gasteiger partial charge on any atom is 0.238 e. The zero-order valence-electron chi connectivity index (χ0n) is 13.8. The maximum absolute atomic E-state index is 12.4. The molecule has 2 aromatic rings. The minimum absolute atomic E-state index is 0.0229. The second-order valence-corrected chi connectivity index (χ2v) is 8.97. The third kappa shape index (κ3) is 5.74. The lowest BCUT2D eigenvalue weighted by molar-refractivity contribution is -0.120. The molecule has 0 fully saturated rings.